The Morgan fingerprint density at radius 1 is 1.41 bits per heavy atom. The number of amides is 1. The zero-order chi connectivity index (χ0) is 15.9. The smallest absolute Gasteiger partial charge is 0.246 e. The van der Waals surface area contributed by atoms with Gasteiger partial charge in [-0.2, -0.15) is 0 Å². The van der Waals surface area contributed by atoms with Gasteiger partial charge in [0.2, 0.25) is 5.91 Å². The highest BCUT2D eigenvalue weighted by Gasteiger charge is 2.36. The Bertz CT molecular complexity index is 703. The molecule has 0 spiro atoms. The molecule has 5 nitrogen and oxygen atoms in total. The van der Waals surface area contributed by atoms with Gasteiger partial charge in [0.25, 0.3) is 0 Å². The maximum absolute atomic E-state index is 12.1. The number of hydrogen-bond acceptors (Lipinski definition) is 4. The number of carbonyl (C=O) groups excluding carboxylic acids is 1. The molecule has 1 aromatic rings. The van der Waals surface area contributed by atoms with Gasteiger partial charge in [-0.3, -0.25) is 4.79 Å². The van der Waals surface area contributed by atoms with Crippen LogP contribution in [0.2, 0.25) is 0 Å². The lowest BCUT2D eigenvalue weighted by Gasteiger charge is -2.21. The average molecular weight is 323 g/mol. The predicted molar refractivity (Wildman–Crippen MR) is 84.1 cm³/mol. The van der Waals surface area contributed by atoms with Gasteiger partial charge in [-0.15, -0.1) is 0 Å². The summed E-state index contributed by atoms with van der Waals surface area (Å²) >= 11 is 0. The Labute approximate surface area is 130 Å². The van der Waals surface area contributed by atoms with E-state index in [0.29, 0.717) is 24.0 Å². The standard InChI is InChI=1S/C16H21NO4S/c1-11-9-14(11)15-5-3-13(21-15)4-6-16(18)17(2)12-7-8-22(19,20)10-12/h3-6,11-12,14H,7-10H2,1-2H3/b6-4+/t11-,12+,14+/m1/s1. The third kappa shape index (κ3) is 3.27. The molecule has 22 heavy (non-hydrogen) atoms. The average Bonchev–Trinajstić information content (AvgIpc) is 2.89. The summed E-state index contributed by atoms with van der Waals surface area (Å²) in [6.45, 7) is 2.19. The molecule has 3 rings (SSSR count). The third-order valence-electron chi connectivity index (χ3n) is 4.62. The number of carbonyl (C=O) groups is 1. The monoisotopic (exact) mass is 323 g/mol. The van der Waals surface area contributed by atoms with Gasteiger partial charge in [-0.05, 0) is 37.0 Å². The minimum atomic E-state index is -2.98. The molecule has 0 bridgehead atoms. The van der Waals surface area contributed by atoms with Crippen LogP contribution in [0.5, 0.6) is 0 Å². The highest BCUT2D eigenvalue weighted by molar-refractivity contribution is 7.91. The van der Waals surface area contributed by atoms with Crippen molar-refractivity contribution in [3.63, 3.8) is 0 Å². The number of likely N-dealkylation sites (N-methyl/N-ethyl adjacent to an activating group) is 1. The van der Waals surface area contributed by atoms with Crippen LogP contribution in [-0.4, -0.2) is 43.8 Å². The highest BCUT2D eigenvalue weighted by Crippen LogP contribution is 2.47. The first-order valence-electron chi connectivity index (χ1n) is 7.61. The molecule has 6 heteroatoms. The summed E-state index contributed by atoms with van der Waals surface area (Å²) in [5.41, 5.74) is 0. The Hall–Kier alpha value is -1.56. The van der Waals surface area contributed by atoms with Crippen molar-refractivity contribution < 1.29 is 17.6 Å². The highest BCUT2D eigenvalue weighted by atomic mass is 32.2. The lowest BCUT2D eigenvalue weighted by atomic mass is 10.2. The summed E-state index contributed by atoms with van der Waals surface area (Å²) in [4.78, 5) is 13.6. The Balaban J connectivity index is 1.60. The summed E-state index contributed by atoms with van der Waals surface area (Å²) in [5, 5.41) is 0. The molecular weight excluding hydrogens is 302 g/mol. The van der Waals surface area contributed by atoms with Crippen molar-refractivity contribution in [2.75, 3.05) is 18.6 Å². The van der Waals surface area contributed by atoms with Crippen molar-refractivity contribution in [3.05, 3.63) is 29.7 Å². The van der Waals surface area contributed by atoms with Gasteiger partial charge >= 0.3 is 0 Å². The van der Waals surface area contributed by atoms with Crippen LogP contribution in [0.3, 0.4) is 0 Å². The lowest BCUT2D eigenvalue weighted by Crippen LogP contribution is -2.36. The van der Waals surface area contributed by atoms with E-state index >= 15 is 0 Å². The number of sulfone groups is 1. The second-order valence-electron chi connectivity index (χ2n) is 6.40. The predicted octanol–water partition coefficient (Wildman–Crippen LogP) is 2.06. The van der Waals surface area contributed by atoms with Crippen LogP contribution in [0, 0.1) is 5.92 Å². The summed E-state index contributed by atoms with van der Waals surface area (Å²) in [7, 11) is -1.33. The first-order chi connectivity index (χ1) is 10.4. The van der Waals surface area contributed by atoms with Gasteiger partial charge in [0.15, 0.2) is 9.84 Å². The lowest BCUT2D eigenvalue weighted by molar-refractivity contribution is -0.126. The van der Waals surface area contributed by atoms with Crippen molar-refractivity contribution in [3.8, 4) is 0 Å². The topological polar surface area (TPSA) is 67.6 Å². The van der Waals surface area contributed by atoms with Crippen LogP contribution < -0.4 is 0 Å². The second-order valence-corrected chi connectivity index (χ2v) is 8.63. The largest absolute Gasteiger partial charge is 0.461 e. The first kappa shape index (κ1) is 15.3. The van der Waals surface area contributed by atoms with Crippen molar-refractivity contribution in [2.45, 2.75) is 31.7 Å². The number of rotatable bonds is 4. The molecule has 2 aliphatic rings. The van der Waals surface area contributed by atoms with E-state index in [-0.39, 0.29) is 23.5 Å². The summed E-state index contributed by atoms with van der Waals surface area (Å²) < 4.78 is 28.7. The van der Waals surface area contributed by atoms with Crippen molar-refractivity contribution >= 4 is 21.8 Å². The van der Waals surface area contributed by atoms with Crippen LogP contribution in [0.15, 0.2) is 22.6 Å². The maximum atomic E-state index is 12.1. The Morgan fingerprint density at radius 3 is 2.73 bits per heavy atom. The van der Waals surface area contributed by atoms with Gasteiger partial charge in [-0.1, -0.05) is 6.92 Å². The zero-order valence-electron chi connectivity index (χ0n) is 12.9. The SMILES string of the molecule is C[C@@H]1C[C@@H]1c1ccc(/C=C/C(=O)N(C)[C@H]2CCS(=O)(=O)C2)o1. The molecule has 1 aliphatic carbocycles. The van der Waals surface area contributed by atoms with E-state index in [1.807, 2.05) is 12.1 Å². The van der Waals surface area contributed by atoms with Crippen LogP contribution in [0.25, 0.3) is 6.08 Å². The molecule has 1 aromatic heterocycles. The second kappa shape index (κ2) is 5.57. The van der Waals surface area contributed by atoms with Gasteiger partial charge in [-0.25, -0.2) is 8.42 Å². The molecule has 1 amide bonds. The van der Waals surface area contributed by atoms with Crippen LogP contribution in [0.4, 0.5) is 0 Å². The van der Waals surface area contributed by atoms with Crippen molar-refractivity contribution in [1.29, 1.82) is 0 Å². The number of hydrogen-bond donors (Lipinski definition) is 0. The van der Waals surface area contributed by atoms with E-state index in [1.54, 1.807) is 13.1 Å². The van der Waals surface area contributed by atoms with E-state index in [1.165, 1.54) is 11.0 Å². The molecule has 1 saturated heterocycles. The molecule has 0 aromatic carbocycles. The molecule has 1 aliphatic heterocycles. The Kier molecular flexibility index (Phi) is 3.89. The van der Waals surface area contributed by atoms with E-state index < -0.39 is 9.84 Å². The number of nitrogens with zero attached hydrogens (tertiary/aromatic N) is 1. The molecular formula is C16H21NO4S. The molecule has 2 heterocycles. The van der Waals surface area contributed by atoms with E-state index in [0.717, 1.165) is 12.2 Å². The maximum Gasteiger partial charge on any atom is 0.246 e. The van der Waals surface area contributed by atoms with Gasteiger partial charge in [0.1, 0.15) is 11.5 Å². The van der Waals surface area contributed by atoms with E-state index in [4.69, 9.17) is 4.42 Å². The fourth-order valence-corrected chi connectivity index (χ4v) is 4.68. The summed E-state index contributed by atoms with van der Waals surface area (Å²) in [6, 6.07) is 3.61. The Morgan fingerprint density at radius 2 is 2.14 bits per heavy atom. The minimum Gasteiger partial charge on any atom is -0.461 e. The summed E-state index contributed by atoms with van der Waals surface area (Å²) in [6.07, 6.45) is 4.78. The fraction of sp³-hybridized carbons (Fsp3) is 0.562. The zero-order valence-corrected chi connectivity index (χ0v) is 13.7. The van der Waals surface area contributed by atoms with Crippen LogP contribution in [0.1, 0.15) is 37.2 Å². The van der Waals surface area contributed by atoms with Crippen LogP contribution >= 0.6 is 0 Å². The van der Waals surface area contributed by atoms with Gasteiger partial charge in [0, 0.05) is 25.1 Å². The summed E-state index contributed by atoms with van der Waals surface area (Å²) in [5.74, 6) is 2.88. The van der Waals surface area contributed by atoms with Gasteiger partial charge < -0.3 is 9.32 Å². The van der Waals surface area contributed by atoms with Crippen molar-refractivity contribution in [2.24, 2.45) is 5.92 Å². The molecule has 3 atom stereocenters. The quantitative estimate of drug-likeness (QED) is 0.796. The molecule has 0 radical (unpaired) electrons. The third-order valence-corrected chi connectivity index (χ3v) is 6.37. The molecule has 120 valence electrons. The van der Waals surface area contributed by atoms with E-state index in [9.17, 15) is 13.2 Å². The minimum absolute atomic E-state index is 0.0630. The van der Waals surface area contributed by atoms with E-state index in [2.05, 4.69) is 6.92 Å². The van der Waals surface area contributed by atoms with Crippen LogP contribution in [-0.2, 0) is 14.6 Å². The van der Waals surface area contributed by atoms with Gasteiger partial charge in [0.05, 0.1) is 11.5 Å². The number of furan rings is 1. The van der Waals surface area contributed by atoms with Crippen molar-refractivity contribution in [1.82, 2.24) is 4.90 Å². The molecule has 2 fully saturated rings. The first-order valence-corrected chi connectivity index (χ1v) is 9.43. The molecule has 0 unspecified atom stereocenters. The molecule has 1 saturated carbocycles. The normalized spacial score (nSPS) is 29.8. The fourth-order valence-electron chi connectivity index (χ4n) is 2.91. The molecule has 0 N–H and O–H groups in total.